The van der Waals surface area contributed by atoms with Crippen LogP contribution in [-0.2, 0) is 9.53 Å². The van der Waals surface area contributed by atoms with Crippen molar-refractivity contribution in [2.24, 2.45) is 0 Å². The summed E-state index contributed by atoms with van der Waals surface area (Å²) in [6.07, 6.45) is 1.64. The molecule has 0 N–H and O–H groups in total. The average Bonchev–Trinajstić information content (AvgIpc) is 2.68. The van der Waals surface area contributed by atoms with E-state index in [-0.39, 0.29) is 12.0 Å². The van der Waals surface area contributed by atoms with E-state index in [1.165, 1.54) is 0 Å². The number of hydrogen-bond acceptors (Lipinski definition) is 3. The van der Waals surface area contributed by atoms with Gasteiger partial charge in [0.05, 0.1) is 20.3 Å². The van der Waals surface area contributed by atoms with Crippen LogP contribution in [0.15, 0.2) is 60.7 Å². The maximum atomic E-state index is 12.7. The van der Waals surface area contributed by atoms with E-state index in [9.17, 15) is 4.79 Å². The molecule has 1 fully saturated rings. The summed E-state index contributed by atoms with van der Waals surface area (Å²) in [5.74, 6) is 0.833. The van der Waals surface area contributed by atoms with Crippen LogP contribution < -0.4 is 4.74 Å². The highest BCUT2D eigenvalue weighted by Crippen LogP contribution is 2.23. The lowest BCUT2D eigenvalue weighted by atomic mass is 10.1. The Morgan fingerprint density at radius 3 is 2.56 bits per heavy atom. The standard InChI is InChI=1S/C21H23NO3/c1-16(17-8-10-19(24-2)11-9-17)14-21(23)22-12-13-25-20(15-22)18-6-4-3-5-7-18/h3-11,14,20H,12-13,15H2,1-2H3/b16-14+. The van der Waals surface area contributed by atoms with Gasteiger partial charge in [-0.25, -0.2) is 0 Å². The highest BCUT2D eigenvalue weighted by atomic mass is 16.5. The van der Waals surface area contributed by atoms with Crippen molar-refractivity contribution >= 4 is 11.5 Å². The molecule has 2 aromatic rings. The Balaban J connectivity index is 1.69. The van der Waals surface area contributed by atoms with Crippen LogP contribution >= 0.6 is 0 Å². The van der Waals surface area contributed by atoms with Crippen LogP contribution in [-0.4, -0.2) is 37.6 Å². The van der Waals surface area contributed by atoms with Gasteiger partial charge in [0.1, 0.15) is 11.9 Å². The third-order valence-electron chi connectivity index (χ3n) is 4.43. The zero-order valence-electron chi connectivity index (χ0n) is 14.6. The summed E-state index contributed by atoms with van der Waals surface area (Å²) in [5, 5.41) is 0. The Morgan fingerprint density at radius 1 is 1.16 bits per heavy atom. The molecular weight excluding hydrogens is 314 g/mol. The number of hydrogen-bond donors (Lipinski definition) is 0. The molecule has 2 aromatic carbocycles. The number of methoxy groups -OCH3 is 1. The SMILES string of the molecule is COc1ccc(/C(C)=C/C(=O)N2CCOC(c3ccccc3)C2)cc1. The average molecular weight is 337 g/mol. The summed E-state index contributed by atoms with van der Waals surface area (Å²) in [6, 6.07) is 17.8. The smallest absolute Gasteiger partial charge is 0.247 e. The third-order valence-corrected chi connectivity index (χ3v) is 4.43. The summed E-state index contributed by atoms with van der Waals surface area (Å²) in [4.78, 5) is 14.5. The number of nitrogens with zero attached hydrogens (tertiary/aromatic N) is 1. The first-order valence-electron chi connectivity index (χ1n) is 8.45. The summed E-state index contributed by atoms with van der Waals surface area (Å²) in [5.41, 5.74) is 3.06. The molecule has 1 atom stereocenters. The lowest BCUT2D eigenvalue weighted by Crippen LogP contribution is -2.41. The van der Waals surface area contributed by atoms with Crippen molar-refractivity contribution in [1.29, 1.82) is 0 Å². The number of rotatable bonds is 4. The Hall–Kier alpha value is -2.59. The Bertz CT molecular complexity index is 737. The molecule has 0 bridgehead atoms. The van der Waals surface area contributed by atoms with Gasteiger partial charge in [0, 0.05) is 12.6 Å². The summed E-state index contributed by atoms with van der Waals surface area (Å²) < 4.78 is 11.0. The number of morpholine rings is 1. The van der Waals surface area contributed by atoms with E-state index < -0.39 is 0 Å². The van der Waals surface area contributed by atoms with Gasteiger partial charge < -0.3 is 14.4 Å². The van der Waals surface area contributed by atoms with Gasteiger partial charge in [-0.2, -0.15) is 0 Å². The minimum atomic E-state index is -0.0615. The van der Waals surface area contributed by atoms with Gasteiger partial charge in [-0.15, -0.1) is 0 Å². The van der Waals surface area contributed by atoms with E-state index in [4.69, 9.17) is 9.47 Å². The van der Waals surface area contributed by atoms with Crippen molar-refractivity contribution < 1.29 is 14.3 Å². The summed E-state index contributed by atoms with van der Waals surface area (Å²) in [6.45, 7) is 3.71. The van der Waals surface area contributed by atoms with E-state index in [1.54, 1.807) is 13.2 Å². The summed E-state index contributed by atoms with van der Waals surface area (Å²) in [7, 11) is 1.64. The molecule has 0 aromatic heterocycles. The first kappa shape index (κ1) is 17.2. The predicted molar refractivity (Wildman–Crippen MR) is 98.4 cm³/mol. The van der Waals surface area contributed by atoms with Crippen molar-refractivity contribution in [3.05, 3.63) is 71.8 Å². The second-order valence-electron chi connectivity index (χ2n) is 6.11. The van der Waals surface area contributed by atoms with Crippen molar-refractivity contribution in [1.82, 2.24) is 4.90 Å². The van der Waals surface area contributed by atoms with Gasteiger partial charge in [0.15, 0.2) is 0 Å². The van der Waals surface area contributed by atoms with Crippen LogP contribution in [0.1, 0.15) is 24.2 Å². The molecule has 0 aliphatic carbocycles. The molecule has 1 aliphatic rings. The van der Waals surface area contributed by atoms with Crippen LogP contribution in [0.25, 0.3) is 5.57 Å². The number of carbonyl (C=O) groups excluding carboxylic acids is 1. The maximum absolute atomic E-state index is 12.7. The number of allylic oxidation sites excluding steroid dienone is 1. The fourth-order valence-corrected chi connectivity index (χ4v) is 2.93. The van der Waals surface area contributed by atoms with Crippen molar-refractivity contribution in [3.63, 3.8) is 0 Å². The van der Waals surface area contributed by atoms with E-state index in [1.807, 2.05) is 66.4 Å². The van der Waals surface area contributed by atoms with E-state index in [2.05, 4.69) is 0 Å². The van der Waals surface area contributed by atoms with E-state index in [0.717, 1.165) is 22.4 Å². The van der Waals surface area contributed by atoms with Gasteiger partial charge in [0.2, 0.25) is 5.91 Å². The fraction of sp³-hybridized carbons (Fsp3) is 0.286. The van der Waals surface area contributed by atoms with Crippen LogP contribution in [0.3, 0.4) is 0 Å². The fourth-order valence-electron chi connectivity index (χ4n) is 2.93. The first-order chi connectivity index (χ1) is 12.2. The Labute approximate surface area is 148 Å². The number of amides is 1. The molecule has 4 heteroatoms. The lowest BCUT2D eigenvalue weighted by molar-refractivity contribution is -0.133. The zero-order valence-corrected chi connectivity index (χ0v) is 14.6. The van der Waals surface area contributed by atoms with Gasteiger partial charge in [-0.1, -0.05) is 42.5 Å². The van der Waals surface area contributed by atoms with Crippen LogP contribution in [0, 0.1) is 0 Å². The van der Waals surface area contributed by atoms with Crippen LogP contribution in [0.4, 0.5) is 0 Å². The molecule has 3 rings (SSSR count). The second kappa shape index (κ2) is 7.99. The number of ether oxygens (including phenoxy) is 2. The number of benzene rings is 2. The van der Waals surface area contributed by atoms with Crippen molar-refractivity contribution in [3.8, 4) is 5.75 Å². The maximum Gasteiger partial charge on any atom is 0.247 e. The highest BCUT2D eigenvalue weighted by molar-refractivity contribution is 5.95. The second-order valence-corrected chi connectivity index (χ2v) is 6.11. The van der Waals surface area contributed by atoms with Gasteiger partial charge in [-0.3, -0.25) is 4.79 Å². The Kier molecular flexibility index (Phi) is 5.51. The lowest BCUT2D eigenvalue weighted by Gasteiger charge is -2.32. The molecule has 0 saturated carbocycles. The van der Waals surface area contributed by atoms with E-state index in [0.29, 0.717) is 19.7 Å². The molecular formula is C21H23NO3. The van der Waals surface area contributed by atoms with Crippen LogP contribution in [0.2, 0.25) is 0 Å². The van der Waals surface area contributed by atoms with E-state index >= 15 is 0 Å². The van der Waals surface area contributed by atoms with Gasteiger partial charge >= 0.3 is 0 Å². The quantitative estimate of drug-likeness (QED) is 0.799. The molecule has 1 saturated heterocycles. The normalized spacial score (nSPS) is 18.1. The minimum Gasteiger partial charge on any atom is -0.497 e. The minimum absolute atomic E-state index is 0.0255. The zero-order chi connectivity index (χ0) is 17.6. The molecule has 1 unspecified atom stereocenters. The van der Waals surface area contributed by atoms with Gasteiger partial charge in [-0.05, 0) is 35.8 Å². The third kappa shape index (κ3) is 4.28. The molecule has 4 nitrogen and oxygen atoms in total. The monoisotopic (exact) mass is 337 g/mol. The molecule has 0 spiro atoms. The largest absolute Gasteiger partial charge is 0.497 e. The molecule has 1 heterocycles. The molecule has 25 heavy (non-hydrogen) atoms. The highest BCUT2D eigenvalue weighted by Gasteiger charge is 2.24. The van der Waals surface area contributed by atoms with Crippen molar-refractivity contribution in [2.75, 3.05) is 26.8 Å². The van der Waals surface area contributed by atoms with Crippen molar-refractivity contribution in [2.45, 2.75) is 13.0 Å². The molecule has 1 aliphatic heterocycles. The molecule has 1 amide bonds. The molecule has 130 valence electrons. The topological polar surface area (TPSA) is 38.8 Å². The van der Waals surface area contributed by atoms with Gasteiger partial charge in [0.25, 0.3) is 0 Å². The predicted octanol–water partition coefficient (Wildman–Crippen LogP) is 3.70. The number of carbonyl (C=O) groups is 1. The van der Waals surface area contributed by atoms with Crippen LogP contribution in [0.5, 0.6) is 5.75 Å². The molecule has 0 radical (unpaired) electrons. The summed E-state index contributed by atoms with van der Waals surface area (Å²) >= 11 is 0. The Morgan fingerprint density at radius 2 is 1.88 bits per heavy atom. The first-order valence-corrected chi connectivity index (χ1v) is 8.45.